The summed E-state index contributed by atoms with van der Waals surface area (Å²) in [6.07, 6.45) is -0.190. The van der Waals surface area contributed by atoms with Crippen LogP contribution in [0.4, 0.5) is 5.69 Å². The summed E-state index contributed by atoms with van der Waals surface area (Å²) >= 11 is 3.04. The van der Waals surface area contributed by atoms with Gasteiger partial charge < -0.3 is 9.84 Å². The molecule has 0 bridgehead atoms. The Labute approximate surface area is 116 Å². The summed E-state index contributed by atoms with van der Waals surface area (Å²) in [6.45, 7) is 0. The number of ether oxygens (including phenoxy) is 1. The maximum Gasteiger partial charge on any atom is 0.320 e. The first-order valence-electron chi connectivity index (χ1n) is 5.11. The van der Waals surface area contributed by atoms with Crippen molar-refractivity contribution in [1.82, 2.24) is 0 Å². The molecule has 1 rings (SSSR count). The van der Waals surface area contributed by atoms with Crippen molar-refractivity contribution >= 4 is 33.6 Å². The minimum absolute atomic E-state index is 0.162. The average Bonchev–Trinajstić information content (AvgIpc) is 2.35. The molecule has 0 aliphatic heterocycles. The third kappa shape index (κ3) is 3.50. The second-order valence-electron chi connectivity index (χ2n) is 3.63. The second-order valence-corrected chi connectivity index (χ2v) is 4.42. The Morgan fingerprint density at radius 2 is 2.16 bits per heavy atom. The number of nitro groups is 1. The lowest BCUT2D eigenvalue weighted by molar-refractivity contribution is -0.385. The fourth-order valence-electron chi connectivity index (χ4n) is 1.50. The quantitative estimate of drug-likeness (QED) is 0.381. The number of nitrogens with zero attached hydrogens (tertiary/aromatic N) is 1. The summed E-state index contributed by atoms with van der Waals surface area (Å²) in [5.41, 5.74) is 0.165. The first-order chi connectivity index (χ1) is 8.88. The second kappa shape index (κ2) is 6.28. The van der Waals surface area contributed by atoms with E-state index in [9.17, 15) is 19.7 Å². The van der Waals surface area contributed by atoms with Gasteiger partial charge in [-0.15, -0.1) is 0 Å². The highest BCUT2D eigenvalue weighted by Crippen LogP contribution is 2.30. The van der Waals surface area contributed by atoms with Crippen LogP contribution in [0.25, 0.3) is 0 Å². The molecule has 19 heavy (non-hydrogen) atoms. The van der Waals surface area contributed by atoms with E-state index in [0.29, 0.717) is 5.56 Å². The Hall–Kier alpha value is -1.96. The van der Waals surface area contributed by atoms with Crippen molar-refractivity contribution in [3.05, 3.63) is 38.3 Å². The van der Waals surface area contributed by atoms with Crippen LogP contribution in [0.1, 0.15) is 5.56 Å². The summed E-state index contributed by atoms with van der Waals surface area (Å²) in [5, 5.41) is 19.7. The number of rotatable bonds is 5. The summed E-state index contributed by atoms with van der Waals surface area (Å²) in [6, 6.07) is 4.21. The third-order valence-corrected chi connectivity index (χ3v) is 3.38. The zero-order valence-corrected chi connectivity index (χ0v) is 11.4. The predicted molar refractivity (Wildman–Crippen MR) is 67.6 cm³/mol. The van der Waals surface area contributed by atoms with Gasteiger partial charge in [0.25, 0.3) is 5.69 Å². The van der Waals surface area contributed by atoms with Crippen molar-refractivity contribution in [1.29, 1.82) is 0 Å². The number of carbonyl (C=O) groups is 2. The molecular formula is C11H10BrNO6. The summed E-state index contributed by atoms with van der Waals surface area (Å²) in [5.74, 6) is -3.64. The molecular weight excluding hydrogens is 322 g/mol. The molecule has 0 fully saturated rings. The highest BCUT2D eigenvalue weighted by Gasteiger charge is 2.29. The van der Waals surface area contributed by atoms with Crippen LogP contribution < -0.4 is 0 Å². The van der Waals surface area contributed by atoms with Gasteiger partial charge in [0.2, 0.25) is 0 Å². The molecule has 0 aromatic heterocycles. The lowest BCUT2D eigenvalue weighted by atomic mass is 9.99. The zero-order valence-electron chi connectivity index (χ0n) is 9.83. The van der Waals surface area contributed by atoms with Gasteiger partial charge in [-0.1, -0.05) is 12.1 Å². The number of carboxylic acids is 1. The SMILES string of the molecule is COC(=O)C(Cc1cccc([N+](=O)[O-])c1Br)C(=O)O. The van der Waals surface area contributed by atoms with Crippen LogP contribution in [-0.2, 0) is 20.7 Å². The standard InChI is InChI=1S/C11H10BrNO6/c1-19-11(16)7(10(14)15)5-6-3-2-4-8(9(6)12)13(17)18/h2-4,7H,5H2,1H3,(H,14,15). The third-order valence-electron chi connectivity index (χ3n) is 2.46. The van der Waals surface area contributed by atoms with Crippen LogP contribution in [0.2, 0.25) is 0 Å². The van der Waals surface area contributed by atoms with Crippen LogP contribution in [0, 0.1) is 16.0 Å². The van der Waals surface area contributed by atoms with E-state index >= 15 is 0 Å². The van der Waals surface area contributed by atoms with Crippen molar-refractivity contribution in [2.24, 2.45) is 5.92 Å². The fourth-order valence-corrected chi connectivity index (χ4v) is 2.07. The predicted octanol–water partition coefficient (Wildman–Crippen LogP) is 1.77. The molecule has 1 aromatic rings. The summed E-state index contributed by atoms with van der Waals surface area (Å²) in [7, 11) is 1.08. The monoisotopic (exact) mass is 331 g/mol. The number of carboxylic acid groups (broad SMARTS) is 1. The van der Waals surface area contributed by atoms with Gasteiger partial charge >= 0.3 is 11.9 Å². The minimum Gasteiger partial charge on any atom is -0.481 e. The molecule has 8 heteroatoms. The molecule has 0 aliphatic rings. The molecule has 1 aromatic carbocycles. The Bertz CT molecular complexity index is 530. The molecule has 7 nitrogen and oxygen atoms in total. The molecule has 1 N–H and O–H groups in total. The van der Waals surface area contributed by atoms with Crippen molar-refractivity contribution in [2.45, 2.75) is 6.42 Å². The number of hydrogen-bond donors (Lipinski definition) is 1. The van der Waals surface area contributed by atoms with Gasteiger partial charge in [-0.3, -0.25) is 19.7 Å². The Kier molecular flexibility index (Phi) is 4.99. The van der Waals surface area contributed by atoms with Gasteiger partial charge in [0, 0.05) is 6.07 Å². The molecule has 0 saturated carbocycles. The summed E-state index contributed by atoms with van der Waals surface area (Å²) < 4.78 is 4.56. The molecule has 0 heterocycles. The number of nitro benzene ring substituents is 1. The van der Waals surface area contributed by atoms with E-state index in [1.165, 1.54) is 18.2 Å². The van der Waals surface area contributed by atoms with E-state index in [0.717, 1.165) is 7.11 Å². The van der Waals surface area contributed by atoms with Crippen molar-refractivity contribution < 1.29 is 24.4 Å². The van der Waals surface area contributed by atoms with Crippen LogP contribution in [0.5, 0.6) is 0 Å². The van der Waals surface area contributed by atoms with Gasteiger partial charge in [0.15, 0.2) is 5.92 Å². The Morgan fingerprint density at radius 1 is 1.53 bits per heavy atom. The first-order valence-corrected chi connectivity index (χ1v) is 5.90. The van der Waals surface area contributed by atoms with Crippen molar-refractivity contribution in [2.75, 3.05) is 7.11 Å². The number of halogens is 1. The Balaban J connectivity index is 3.10. The van der Waals surface area contributed by atoms with E-state index in [2.05, 4.69) is 20.7 Å². The van der Waals surface area contributed by atoms with Gasteiger partial charge in [-0.2, -0.15) is 0 Å². The molecule has 0 amide bonds. The Morgan fingerprint density at radius 3 is 2.63 bits per heavy atom. The normalized spacial score (nSPS) is 11.7. The number of methoxy groups -OCH3 is 1. The van der Waals surface area contributed by atoms with E-state index in [1.807, 2.05) is 0 Å². The van der Waals surface area contributed by atoms with Gasteiger partial charge in [0.1, 0.15) is 0 Å². The van der Waals surface area contributed by atoms with Gasteiger partial charge in [0.05, 0.1) is 16.5 Å². The maximum absolute atomic E-state index is 11.3. The lowest BCUT2D eigenvalue weighted by Crippen LogP contribution is -2.27. The van der Waals surface area contributed by atoms with E-state index in [1.54, 1.807) is 0 Å². The molecule has 0 radical (unpaired) electrons. The van der Waals surface area contributed by atoms with E-state index in [4.69, 9.17) is 5.11 Å². The van der Waals surface area contributed by atoms with Crippen molar-refractivity contribution in [3.8, 4) is 0 Å². The molecule has 0 aliphatic carbocycles. The average molecular weight is 332 g/mol. The van der Waals surface area contributed by atoms with Crippen LogP contribution in [0.15, 0.2) is 22.7 Å². The van der Waals surface area contributed by atoms with Gasteiger partial charge in [-0.25, -0.2) is 0 Å². The number of esters is 1. The molecule has 1 unspecified atom stereocenters. The van der Waals surface area contributed by atoms with E-state index < -0.39 is 22.8 Å². The van der Waals surface area contributed by atoms with Crippen LogP contribution >= 0.6 is 15.9 Å². The van der Waals surface area contributed by atoms with Crippen LogP contribution in [0.3, 0.4) is 0 Å². The summed E-state index contributed by atoms with van der Waals surface area (Å²) in [4.78, 5) is 32.5. The van der Waals surface area contributed by atoms with Gasteiger partial charge in [-0.05, 0) is 27.9 Å². The highest BCUT2D eigenvalue weighted by molar-refractivity contribution is 9.10. The molecule has 102 valence electrons. The maximum atomic E-state index is 11.3. The zero-order chi connectivity index (χ0) is 14.6. The largest absolute Gasteiger partial charge is 0.481 e. The smallest absolute Gasteiger partial charge is 0.320 e. The molecule has 0 spiro atoms. The lowest BCUT2D eigenvalue weighted by Gasteiger charge is -2.11. The van der Waals surface area contributed by atoms with Crippen molar-refractivity contribution in [3.63, 3.8) is 0 Å². The molecule has 0 saturated heterocycles. The number of hydrogen-bond acceptors (Lipinski definition) is 5. The highest BCUT2D eigenvalue weighted by atomic mass is 79.9. The minimum atomic E-state index is -1.40. The van der Waals surface area contributed by atoms with Crippen LogP contribution in [-0.4, -0.2) is 29.1 Å². The topological polar surface area (TPSA) is 107 Å². The molecule has 1 atom stereocenters. The number of aliphatic carboxylic acids is 1. The number of benzene rings is 1. The fraction of sp³-hybridized carbons (Fsp3) is 0.273. The first kappa shape index (κ1) is 15.1. The van der Waals surface area contributed by atoms with E-state index in [-0.39, 0.29) is 16.6 Å². The number of carbonyl (C=O) groups excluding carboxylic acids is 1.